The Morgan fingerprint density at radius 1 is 1.38 bits per heavy atom. The first-order valence-corrected chi connectivity index (χ1v) is 5.77. The molecule has 0 saturated heterocycles. The third kappa shape index (κ3) is 3.14. The highest BCUT2D eigenvalue weighted by Gasteiger charge is 2.11. The van der Waals surface area contributed by atoms with Crippen molar-refractivity contribution in [2.45, 2.75) is 32.6 Å². The van der Waals surface area contributed by atoms with E-state index in [9.17, 15) is 5.11 Å². The maximum absolute atomic E-state index is 9.73. The SMILES string of the molecule is CCCCC/C(=N/O)c1cccc(Cl)c1O. The number of rotatable bonds is 5. The number of oxime groups is 1. The summed E-state index contributed by atoms with van der Waals surface area (Å²) >= 11 is 5.79. The Hall–Kier alpha value is -1.22. The summed E-state index contributed by atoms with van der Waals surface area (Å²) in [5.74, 6) is -0.0199. The molecule has 0 aliphatic heterocycles. The predicted molar refractivity (Wildman–Crippen MR) is 65.6 cm³/mol. The third-order valence-electron chi connectivity index (χ3n) is 2.44. The Morgan fingerprint density at radius 3 is 2.75 bits per heavy atom. The second-order valence-electron chi connectivity index (χ2n) is 3.64. The maximum Gasteiger partial charge on any atom is 0.143 e. The molecule has 3 nitrogen and oxygen atoms in total. The van der Waals surface area contributed by atoms with Gasteiger partial charge in [-0.15, -0.1) is 0 Å². The highest BCUT2D eigenvalue weighted by Crippen LogP contribution is 2.28. The molecule has 0 amide bonds. The van der Waals surface area contributed by atoms with Crippen LogP contribution in [0.15, 0.2) is 23.4 Å². The average molecular weight is 242 g/mol. The van der Waals surface area contributed by atoms with Gasteiger partial charge in [-0.1, -0.05) is 42.6 Å². The van der Waals surface area contributed by atoms with Crippen LogP contribution >= 0.6 is 11.6 Å². The molecular weight excluding hydrogens is 226 g/mol. The number of phenols is 1. The van der Waals surface area contributed by atoms with E-state index in [-0.39, 0.29) is 10.8 Å². The first-order chi connectivity index (χ1) is 7.70. The van der Waals surface area contributed by atoms with Gasteiger partial charge in [0.15, 0.2) is 0 Å². The van der Waals surface area contributed by atoms with Crippen LogP contribution in [0.2, 0.25) is 5.02 Å². The Balaban J connectivity index is 2.84. The summed E-state index contributed by atoms with van der Waals surface area (Å²) in [5.41, 5.74) is 0.986. The van der Waals surface area contributed by atoms with Gasteiger partial charge in [-0.2, -0.15) is 0 Å². The molecule has 0 radical (unpaired) electrons. The molecule has 0 bridgehead atoms. The molecule has 1 aromatic carbocycles. The minimum Gasteiger partial charge on any atom is -0.506 e. The first-order valence-electron chi connectivity index (χ1n) is 5.39. The lowest BCUT2D eigenvalue weighted by molar-refractivity contribution is 0.317. The van der Waals surface area contributed by atoms with Crippen molar-refractivity contribution in [2.75, 3.05) is 0 Å². The van der Waals surface area contributed by atoms with E-state index in [1.54, 1.807) is 18.2 Å². The zero-order valence-electron chi connectivity index (χ0n) is 9.28. The molecule has 0 unspecified atom stereocenters. The van der Waals surface area contributed by atoms with Crippen molar-refractivity contribution in [1.82, 2.24) is 0 Å². The van der Waals surface area contributed by atoms with Crippen molar-refractivity contribution in [2.24, 2.45) is 5.16 Å². The van der Waals surface area contributed by atoms with Crippen LogP contribution in [-0.2, 0) is 0 Å². The summed E-state index contributed by atoms with van der Waals surface area (Å²) in [6.07, 6.45) is 3.74. The summed E-state index contributed by atoms with van der Waals surface area (Å²) in [5, 5.41) is 22.2. The van der Waals surface area contributed by atoms with Crippen LogP contribution in [0.5, 0.6) is 5.75 Å². The highest BCUT2D eigenvalue weighted by molar-refractivity contribution is 6.32. The van der Waals surface area contributed by atoms with Crippen LogP contribution < -0.4 is 0 Å². The molecule has 0 saturated carbocycles. The zero-order valence-corrected chi connectivity index (χ0v) is 10.0. The summed E-state index contributed by atoms with van der Waals surface area (Å²) in [7, 11) is 0. The van der Waals surface area contributed by atoms with Crippen LogP contribution in [-0.4, -0.2) is 16.0 Å². The van der Waals surface area contributed by atoms with E-state index in [0.29, 0.717) is 17.7 Å². The molecular formula is C12H16ClNO2. The smallest absolute Gasteiger partial charge is 0.143 e. The Bertz CT molecular complexity index is 377. The predicted octanol–water partition coefficient (Wildman–Crippen LogP) is 3.80. The number of para-hydroxylation sites is 1. The fourth-order valence-electron chi connectivity index (χ4n) is 1.53. The number of hydrogen-bond donors (Lipinski definition) is 2. The van der Waals surface area contributed by atoms with Crippen LogP contribution in [0, 0.1) is 0 Å². The fraction of sp³-hybridized carbons (Fsp3) is 0.417. The molecule has 16 heavy (non-hydrogen) atoms. The summed E-state index contributed by atoms with van der Waals surface area (Å²) in [6.45, 7) is 2.10. The fourth-order valence-corrected chi connectivity index (χ4v) is 1.70. The number of hydrogen-bond acceptors (Lipinski definition) is 3. The summed E-state index contributed by atoms with van der Waals surface area (Å²) < 4.78 is 0. The third-order valence-corrected chi connectivity index (χ3v) is 2.74. The van der Waals surface area contributed by atoms with Crippen LogP contribution in [0.1, 0.15) is 38.2 Å². The van der Waals surface area contributed by atoms with Crippen molar-refractivity contribution in [3.63, 3.8) is 0 Å². The van der Waals surface area contributed by atoms with Crippen molar-refractivity contribution in [3.8, 4) is 5.75 Å². The van der Waals surface area contributed by atoms with Gasteiger partial charge < -0.3 is 10.3 Å². The van der Waals surface area contributed by atoms with Gasteiger partial charge in [0.25, 0.3) is 0 Å². The molecule has 2 N–H and O–H groups in total. The van der Waals surface area contributed by atoms with Crippen molar-refractivity contribution >= 4 is 17.3 Å². The van der Waals surface area contributed by atoms with Crippen LogP contribution in [0.25, 0.3) is 0 Å². The van der Waals surface area contributed by atoms with E-state index in [4.69, 9.17) is 16.8 Å². The van der Waals surface area contributed by atoms with Gasteiger partial charge in [-0.05, 0) is 25.0 Å². The summed E-state index contributed by atoms with van der Waals surface area (Å²) in [6, 6.07) is 5.02. The van der Waals surface area contributed by atoms with Crippen molar-refractivity contribution in [1.29, 1.82) is 0 Å². The minimum atomic E-state index is -0.0199. The van der Waals surface area contributed by atoms with E-state index >= 15 is 0 Å². The largest absolute Gasteiger partial charge is 0.506 e. The number of nitrogens with zero attached hydrogens (tertiary/aromatic N) is 1. The Labute approximate surface area is 100 Å². The Morgan fingerprint density at radius 2 is 2.12 bits per heavy atom. The number of phenolic OH excluding ortho intramolecular Hbond substituents is 1. The van der Waals surface area contributed by atoms with E-state index in [1.807, 2.05) is 0 Å². The van der Waals surface area contributed by atoms with Crippen LogP contribution in [0.3, 0.4) is 0 Å². The molecule has 0 aromatic heterocycles. The molecule has 0 spiro atoms. The normalized spacial score (nSPS) is 11.8. The van der Waals surface area contributed by atoms with Gasteiger partial charge in [0.05, 0.1) is 10.7 Å². The first kappa shape index (κ1) is 12.8. The number of unbranched alkanes of at least 4 members (excludes halogenated alkanes) is 2. The van der Waals surface area contributed by atoms with Gasteiger partial charge in [-0.25, -0.2) is 0 Å². The number of benzene rings is 1. The van der Waals surface area contributed by atoms with Gasteiger partial charge in [0, 0.05) is 5.56 Å². The van der Waals surface area contributed by atoms with Crippen molar-refractivity contribution < 1.29 is 10.3 Å². The van der Waals surface area contributed by atoms with E-state index in [2.05, 4.69) is 12.1 Å². The lowest BCUT2D eigenvalue weighted by Gasteiger charge is -2.07. The topological polar surface area (TPSA) is 52.8 Å². The highest BCUT2D eigenvalue weighted by atomic mass is 35.5. The molecule has 88 valence electrons. The summed E-state index contributed by atoms with van der Waals surface area (Å²) in [4.78, 5) is 0. The standard InChI is InChI=1S/C12H16ClNO2/c1-2-3-4-8-11(14-16)9-6-5-7-10(13)12(9)15/h5-7,15-16H,2-4,8H2,1H3/b14-11-. The quantitative estimate of drug-likeness (QED) is 0.357. The number of aromatic hydroxyl groups is 1. The van der Waals surface area contributed by atoms with Gasteiger partial charge in [0.2, 0.25) is 0 Å². The minimum absolute atomic E-state index is 0.0199. The molecule has 1 rings (SSSR count). The molecule has 1 aromatic rings. The molecule has 0 atom stereocenters. The molecule has 0 heterocycles. The lowest BCUT2D eigenvalue weighted by Crippen LogP contribution is -2.01. The van der Waals surface area contributed by atoms with E-state index in [1.165, 1.54) is 0 Å². The second kappa shape index (κ2) is 6.38. The molecule has 0 aliphatic carbocycles. The van der Waals surface area contributed by atoms with Gasteiger partial charge in [0.1, 0.15) is 5.75 Å². The van der Waals surface area contributed by atoms with Crippen molar-refractivity contribution in [3.05, 3.63) is 28.8 Å². The monoisotopic (exact) mass is 241 g/mol. The zero-order chi connectivity index (χ0) is 12.0. The maximum atomic E-state index is 9.73. The van der Waals surface area contributed by atoms with Crippen LogP contribution in [0.4, 0.5) is 0 Å². The van der Waals surface area contributed by atoms with Gasteiger partial charge in [-0.3, -0.25) is 0 Å². The second-order valence-corrected chi connectivity index (χ2v) is 4.05. The Kier molecular flexibility index (Phi) is 5.12. The lowest BCUT2D eigenvalue weighted by atomic mass is 10.0. The molecule has 0 aliphatic rings. The molecule has 4 heteroatoms. The molecule has 0 fully saturated rings. The van der Waals surface area contributed by atoms with Gasteiger partial charge >= 0.3 is 0 Å². The van der Waals surface area contributed by atoms with E-state index in [0.717, 1.165) is 19.3 Å². The number of halogens is 1. The average Bonchev–Trinajstić information content (AvgIpc) is 2.29. The van der Waals surface area contributed by atoms with E-state index < -0.39 is 0 Å².